The van der Waals surface area contributed by atoms with Crippen LogP contribution in [0.25, 0.3) is 5.69 Å². The largest absolute Gasteiger partial charge is 0.412 e. The molecule has 1 amide bonds. The number of para-hydroxylation sites is 1. The summed E-state index contributed by atoms with van der Waals surface area (Å²) in [7, 11) is 2.07. The van der Waals surface area contributed by atoms with E-state index in [-0.39, 0.29) is 5.91 Å². The molecule has 0 saturated carbocycles. The highest BCUT2D eigenvalue weighted by molar-refractivity contribution is 7.71. The first kappa shape index (κ1) is 18.6. The first-order chi connectivity index (χ1) is 13.6. The van der Waals surface area contributed by atoms with Gasteiger partial charge in [0.1, 0.15) is 6.54 Å². The van der Waals surface area contributed by atoms with Crippen LogP contribution in [-0.4, -0.2) is 44.0 Å². The summed E-state index contributed by atoms with van der Waals surface area (Å²) in [6.07, 6.45) is 5.41. The summed E-state index contributed by atoms with van der Waals surface area (Å²) < 4.78 is 9.13. The van der Waals surface area contributed by atoms with Gasteiger partial charge in [0.2, 0.25) is 11.8 Å². The van der Waals surface area contributed by atoms with Crippen LogP contribution >= 0.6 is 12.2 Å². The number of rotatable bonds is 7. The first-order valence-corrected chi connectivity index (χ1v) is 9.74. The van der Waals surface area contributed by atoms with E-state index in [1.165, 1.54) is 4.90 Å². The van der Waals surface area contributed by atoms with E-state index >= 15 is 0 Å². The van der Waals surface area contributed by atoms with Crippen molar-refractivity contribution < 1.29 is 14.1 Å². The van der Waals surface area contributed by atoms with Gasteiger partial charge in [-0.15, -0.1) is 5.10 Å². The number of quaternary nitrogens is 1. The van der Waals surface area contributed by atoms with E-state index in [0.717, 1.165) is 30.8 Å². The number of carbonyl (C=O) groups is 1. The topological polar surface area (TPSA) is 73.5 Å². The summed E-state index contributed by atoms with van der Waals surface area (Å²) >= 11 is 5.29. The fourth-order valence-electron chi connectivity index (χ4n) is 3.38. The molecule has 1 saturated heterocycles. The van der Waals surface area contributed by atoms with E-state index in [0.29, 0.717) is 30.4 Å². The molecule has 0 bridgehead atoms. The first-order valence-electron chi connectivity index (χ1n) is 9.33. The lowest BCUT2D eigenvalue weighted by molar-refractivity contribution is -0.917. The average Bonchev–Trinajstić information content (AvgIpc) is 3.39. The molecule has 146 valence electrons. The minimum absolute atomic E-state index is 0.147. The quantitative estimate of drug-likeness (QED) is 0.604. The average molecular weight is 400 g/mol. The van der Waals surface area contributed by atoms with Gasteiger partial charge in [-0.3, -0.25) is 4.79 Å². The van der Waals surface area contributed by atoms with E-state index in [9.17, 15) is 4.79 Å². The van der Waals surface area contributed by atoms with Crippen molar-refractivity contribution in [1.29, 1.82) is 0 Å². The molecule has 28 heavy (non-hydrogen) atoms. The Morgan fingerprint density at radius 2 is 2.11 bits per heavy atom. The van der Waals surface area contributed by atoms with Gasteiger partial charge in [-0.2, -0.15) is 9.78 Å². The molecule has 0 aliphatic carbocycles. The number of hydrogen-bond donors (Lipinski definition) is 1. The van der Waals surface area contributed by atoms with Crippen LogP contribution in [0.5, 0.6) is 0 Å². The maximum atomic E-state index is 11.8. The number of nitrogens with zero attached hydrogens (tertiary/aromatic N) is 5. The van der Waals surface area contributed by atoms with Crippen LogP contribution in [0.15, 0.2) is 47.1 Å². The molecule has 1 N–H and O–H groups in total. The van der Waals surface area contributed by atoms with Gasteiger partial charge in [-0.05, 0) is 30.8 Å². The standard InChI is InChI=1S/C19H22N6O2S/c1-22(11-15-10-20-24(12-15)16-6-3-2-4-7-16)14-25-19(28)27-17(21-25)13-23-9-5-8-18(23)26/h2-4,6-7,10,12H,5,8-9,11,13-14H2,1H3/p+1. The molecule has 9 heteroatoms. The second-order valence-electron chi connectivity index (χ2n) is 7.10. The fraction of sp³-hybridized carbons (Fsp3) is 0.368. The molecule has 3 heterocycles. The van der Waals surface area contributed by atoms with Gasteiger partial charge in [0, 0.05) is 24.7 Å². The number of hydrogen-bond acceptors (Lipinski definition) is 5. The third-order valence-electron chi connectivity index (χ3n) is 4.73. The molecule has 1 unspecified atom stereocenters. The summed E-state index contributed by atoms with van der Waals surface area (Å²) in [6, 6.07) is 10.0. The van der Waals surface area contributed by atoms with E-state index in [4.69, 9.17) is 16.6 Å². The lowest BCUT2D eigenvalue weighted by Gasteiger charge is -2.12. The Kier molecular flexibility index (Phi) is 5.36. The smallest absolute Gasteiger partial charge is 0.291 e. The normalized spacial score (nSPS) is 15.3. The van der Waals surface area contributed by atoms with Crippen LogP contribution in [0, 0.1) is 4.84 Å². The predicted molar refractivity (Wildman–Crippen MR) is 104 cm³/mol. The number of carbonyl (C=O) groups excluding carboxylic acids is 1. The molecule has 4 rings (SSSR count). The molecule has 0 radical (unpaired) electrons. The Balaban J connectivity index is 1.37. The number of aromatic nitrogens is 4. The number of likely N-dealkylation sites (tertiary alicyclic amines) is 1. The molecule has 1 aliphatic heterocycles. The molecule has 1 atom stereocenters. The summed E-state index contributed by atoms with van der Waals surface area (Å²) in [4.78, 5) is 15.1. The van der Waals surface area contributed by atoms with Crippen molar-refractivity contribution >= 4 is 18.1 Å². The Labute approximate surface area is 168 Å². The molecule has 1 fully saturated rings. The zero-order valence-electron chi connectivity index (χ0n) is 15.7. The maximum Gasteiger partial charge on any atom is 0.291 e. The molecular formula is C19H23N6O2S+. The third kappa shape index (κ3) is 4.20. The van der Waals surface area contributed by atoms with Crippen LogP contribution in [0.4, 0.5) is 0 Å². The van der Waals surface area contributed by atoms with Crippen molar-refractivity contribution in [2.45, 2.75) is 32.6 Å². The van der Waals surface area contributed by atoms with Crippen molar-refractivity contribution in [3.63, 3.8) is 0 Å². The zero-order valence-corrected chi connectivity index (χ0v) is 16.6. The van der Waals surface area contributed by atoms with Crippen molar-refractivity contribution in [3.8, 4) is 5.69 Å². The van der Waals surface area contributed by atoms with Crippen molar-refractivity contribution in [2.75, 3.05) is 13.6 Å². The van der Waals surface area contributed by atoms with Gasteiger partial charge in [0.05, 0.1) is 25.5 Å². The van der Waals surface area contributed by atoms with Gasteiger partial charge in [0.15, 0.2) is 6.67 Å². The fourth-order valence-corrected chi connectivity index (χ4v) is 3.58. The summed E-state index contributed by atoms with van der Waals surface area (Å²) in [6.45, 7) is 2.50. The molecule has 3 aromatic rings. The Morgan fingerprint density at radius 1 is 1.29 bits per heavy atom. The predicted octanol–water partition coefficient (Wildman–Crippen LogP) is 1.19. The second kappa shape index (κ2) is 8.07. The van der Waals surface area contributed by atoms with Gasteiger partial charge in [0.25, 0.3) is 4.84 Å². The van der Waals surface area contributed by atoms with Crippen LogP contribution in [0.3, 0.4) is 0 Å². The van der Waals surface area contributed by atoms with E-state index in [1.807, 2.05) is 47.4 Å². The van der Waals surface area contributed by atoms with Crippen LogP contribution in [-0.2, 0) is 24.6 Å². The van der Waals surface area contributed by atoms with Crippen LogP contribution < -0.4 is 4.90 Å². The van der Waals surface area contributed by atoms with Gasteiger partial charge >= 0.3 is 0 Å². The number of amides is 1. The molecule has 2 aromatic heterocycles. The lowest BCUT2D eigenvalue weighted by Crippen LogP contribution is -3.06. The van der Waals surface area contributed by atoms with Gasteiger partial charge < -0.3 is 14.2 Å². The highest BCUT2D eigenvalue weighted by Gasteiger charge is 2.22. The van der Waals surface area contributed by atoms with E-state index in [1.54, 1.807) is 9.58 Å². The highest BCUT2D eigenvalue weighted by Crippen LogP contribution is 2.13. The summed E-state index contributed by atoms with van der Waals surface area (Å²) in [5.74, 6) is 0.638. The highest BCUT2D eigenvalue weighted by atomic mass is 32.1. The SMILES string of the molecule is C[NH+](Cc1cnn(-c2ccccc2)c1)Cn1nc(CN2CCCC2=O)oc1=S. The Morgan fingerprint density at radius 3 is 2.86 bits per heavy atom. The maximum absolute atomic E-state index is 11.8. The van der Waals surface area contributed by atoms with E-state index in [2.05, 4.69) is 17.2 Å². The van der Waals surface area contributed by atoms with Crippen LogP contribution in [0.2, 0.25) is 0 Å². The third-order valence-corrected chi connectivity index (χ3v) is 5.02. The zero-order chi connectivity index (χ0) is 19.5. The monoisotopic (exact) mass is 399 g/mol. The number of nitrogens with one attached hydrogen (secondary N) is 1. The summed E-state index contributed by atoms with van der Waals surface area (Å²) in [5, 5.41) is 8.89. The Hall–Kier alpha value is -2.78. The van der Waals surface area contributed by atoms with E-state index < -0.39 is 0 Å². The summed E-state index contributed by atoms with van der Waals surface area (Å²) in [5.41, 5.74) is 2.16. The van der Waals surface area contributed by atoms with Crippen molar-refractivity contribution in [3.05, 3.63) is 59.0 Å². The van der Waals surface area contributed by atoms with Crippen molar-refractivity contribution in [2.24, 2.45) is 0 Å². The lowest BCUT2D eigenvalue weighted by atomic mass is 10.3. The second-order valence-corrected chi connectivity index (χ2v) is 7.45. The molecule has 0 spiro atoms. The van der Waals surface area contributed by atoms with Crippen molar-refractivity contribution in [1.82, 2.24) is 24.5 Å². The molecule has 1 aliphatic rings. The Bertz CT molecular complexity index is 1010. The number of benzene rings is 1. The molecule has 1 aromatic carbocycles. The van der Waals surface area contributed by atoms with Crippen LogP contribution in [0.1, 0.15) is 24.3 Å². The van der Waals surface area contributed by atoms with Gasteiger partial charge in [-0.25, -0.2) is 4.68 Å². The minimum atomic E-state index is 0.147. The molecule has 8 nitrogen and oxygen atoms in total. The molecular weight excluding hydrogens is 376 g/mol. The minimum Gasteiger partial charge on any atom is -0.412 e. The van der Waals surface area contributed by atoms with Gasteiger partial charge in [-0.1, -0.05) is 18.2 Å².